The number of anilines is 2. The molecule has 3 aromatic carbocycles. The van der Waals surface area contributed by atoms with Crippen LogP contribution in [0.4, 0.5) is 21.0 Å². The second-order valence-electron chi connectivity index (χ2n) is 9.22. The third-order valence-corrected chi connectivity index (χ3v) is 7.12. The first-order chi connectivity index (χ1) is 18.6. The standard InChI is InChI=1S/C30H32ClN5O3/c1-6-24(35(5)30(39)36(21(3)37)27-17-16-23(18-32)28(31)20(27)2)19-34(4)29(38)33-26-15-11-10-14-25(26)22-12-8-7-9-13-22/h7-17,24H,6,19H2,1-5H3,(H,33,38). The molecule has 1 atom stereocenters. The average Bonchev–Trinajstić information content (AvgIpc) is 2.94. The number of benzene rings is 3. The summed E-state index contributed by atoms with van der Waals surface area (Å²) in [5.41, 5.74) is 3.57. The number of nitriles is 1. The van der Waals surface area contributed by atoms with E-state index in [0.29, 0.717) is 23.4 Å². The number of rotatable bonds is 7. The minimum absolute atomic E-state index is 0.191. The summed E-state index contributed by atoms with van der Waals surface area (Å²) in [5.74, 6) is -0.491. The molecule has 8 nitrogen and oxygen atoms in total. The molecule has 0 heterocycles. The van der Waals surface area contributed by atoms with Crippen molar-refractivity contribution in [3.8, 4) is 17.2 Å². The number of likely N-dealkylation sites (N-methyl/N-ethyl adjacent to an activating group) is 2. The van der Waals surface area contributed by atoms with Gasteiger partial charge in [-0.2, -0.15) is 5.26 Å². The van der Waals surface area contributed by atoms with Gasteiger partial charge in [0.15, 0.2) is 0 Å². The molecule has 0 fully saturated rings. The molecule has 5 amide bonds. The van der Waals surface area contributed by atoms with E-state index in [9.17, 15) is 19.6 Å². The van der Waals surface area contributed by atoms with E-state index in [1.807, 2.05) is 67.6 Å². The van der Waals surface area contributed by atoms with Crippen LogP contribution in [0.25, 0.3) is 11.1 Å². The normalized spacial score (nSPS) is 11.2. The predicted molar refractivity (Wildman–Crippen MR) is 155 cm³/mol. The average molecular weight is 546 g/mol. The van der Waals surface area contributed by atoms with Crippen molar-refractivity contribution >= 4 is 40.9 Å². The van der Waals surface area contributed by atoms with Gasteiger partial charge in [0.25, 0.3) is 0 Å². The minimum atomic E-state index is -0.554. The zero-order valence-electron chi connectivity index (χ0n) is 22.7. The van der Waals surface area contributed by atoms with Crippen molar-refractivity contribution in [2.45, 2.75) is 33.2 Å². The van der Waals surface area contributed by atoms with Crippen molar-refractivity contribution in [1.82, 2.24) is 9.80 Å². The lowest BCUT2D eigenvalue weighted by Crippen LogP contribution is -2.52. The second-order valence-corrected chi connectivity index (χ2v) is 9.59. The lowest BCUT2D eigenvalue weighted by molar-refractivity contribution is -0.116. The molecule has 0 spiro atoms. The first-order valence-electron chi connectivity index (χ1n) is 12.5. The quantitative estimate of drug-likeness (QED) is 0.365. The molecule has 1 unspecified atom stereocenters. The number of carbonyl (C=O) groups excluding carboxylic acids is 3. The van der Waals surface area contributed by atoms with E-state index in [0.717, 1.165) is 16.0 Å². The maximum absolute atomic E-state index is 13.6. The van der Waals surface area contributed by atoms with Crippen molar-refractivity contribution in [2.24, 2.45) is 0 Å². The molecule has 0 aliphatic heterocycles. The van der Waals surface area contributed by atoms with Crippen LogP contribution in [0.1, 0.15) is 31.4 Å². The Kier molecular flexibility index (Phi) is 9.69. The molecule has 39 heavy (non-hydrogen) atoms. The molecule has 0 aliphatic rings. The van der Waals surface area contributed by atoms with Crippen molar-refractivity contribution in [3.63, 3.8) is 0 Å². The SMILES string of the molecule is CCC(CN(C)C(=O)Nc1ccccc1-c1ccccc1)N(C)C(=O)N(C(C)=O)c1ccc(C#N)c(Cl)c1C. The molecular formula is C30H32ClN5O3. The smallest absolute Gasteiger partial charge is 0.326 e. The number of hydrogen-bond donors (Lipinski definition) is 1. The molecule has 3 aromatic rings. The minimum Gasteiger partial charge on any atom is -0.326 e. The van der Waals surface area contributed by atoms with Crippen LogP contribution in [0.5, 0.6) is 0 Å². The van der Waals surface area contributed by atoms with Gasteiger partial charge in [-0.15, -0.1) is 0 Å². The summed E-state index contributed by atoms with van der Waals surface area (Å²) >= 11 is 6.31. The number of hydrogen-bond acceptors (Lipinski definition) is 4. The number of halogens is 1. The van der Waals surface area contributed by atoms with Crippen LogP contribution in [0.2, 0.25) is 5.02 Å². The Morgan fingerprint density at radius 2 is 1.64 bits per heavy atom. The fourth-order valence-corrected chi connectivity index (χ4v) is 4.52. The van der Waals surface area contributed by atoms with Gasteiger partial charge in [-0.1, -0.05) is 67.1 Å². The third-order valence-electron chi connectivity index (χ3n) is 6.63. The maximum Gasteiger partial charge on any atom is 0.331 e. The Morgan fingerprint density at radius 3 is 2.26 bits per heavy atom. The molecule has 0 saturated heterocycles. The van der Waals surface area contributed by atoms with E-state index < -0.39 is 11.9 Å². The van der Waals surface area contributed by atoms with Gasteiger partial charge in [0, 0.05) is 33.1 Å². The fourth-order valence-electron chi connectivity index (χ4n) is 4.32. The monoisotopic (exact) mass is 545 g/mol. The van der Waals surface area contributed by atoms with E-state index in [1.54, 1.807) is 21.0 Å². The van der Waals surface area contributed by atoms with Crippen LogP contribution in [0.15, 0.2) is 66.7 Å². The zero-order chi connectivity index (χ0) is 28.7. The van der Waals surface area contributed by atoms with E-state index in [4.69, 9.17) is 11.6 Å². The van der Waals surface area contributed by atoms with Crippen LogP contribution in [-0.2, 0) is 4.79 Å². The molecule has 9 heteroatoms. The topological polar surface area (TPSA) is 96.8 Å². The summed E-state index contributed by atoms with van der Waals surface area (Å²) < 4.78 is 0. The summed E-state index contributed by atoms with van der Waals surface area (Å²) in [6.45, 7) is 5.09. The van der Waals surface area contributed by atoms with Gasteiger partial charge in [-0.3, -0.25) is 4.79 Å². The summed E-state index contributed by atoms with van der Waals surface area (Å²) in [6, 6.07) is 21.1. The van der Waals surface area contributed by atoms with Gasteiger partial charge in [0.05, 0.1) is 28.0 Å². The Balaban J connectivity index is 1.78. The van der Waals surface area contributed by atoms with Gasteiger partial charge in [-0.25, -0.2) is 14.5 Å². The number of urea groups is 2. The van der Waals surface area contributed by atoms with E-state index in [-0.39, 0.29) is 29.2 Å². The number of nitrogens with zero attached hydrogens (tertiary/aromatic N) is 4. The second kappa shape index (κ2) is 12.9. The number of imide groups is 1. The zero-order valence-corrected chi connectivity index (χ0v) is 23.5. The molecule has 1 N–H and O–H groups in total. The fraction of sp³-hybridized carbons (Fsp3) is 0.267. The number of carbonyl (C=O) groups is 3. The van der Waals surface area contributed by atoms with Gasteiger partial charge in [0.1, 0.15) is 6.07 Å². The Bertz CT molecular complexity index is 1400. The summed E-state index contributed by atoms with van der Waals surface area (Å²) in [5, 5.41) is 12.4. The van der Waals surface area contributed by atoms with Crippen LogP contribution < -0.4 is 10.2 Å². The Labute approximate surface area is 234 Å². The molecule has 0 bridgehead atoms. The summed E-state index contributed by atoms with van der Waals surface area (Å²) in [4.78, 5) is 43.3. The van der Waals surface area contributed by atoms with E-state index in [1.165, 1.54) is 28.9 Å². The van der Waals surface area contributed by atoms with Crippen LogP contribution in [-0.4, -0.2) is 54.5 Å². The van der Waals surface area contributed by atoms with Crippen LogP contribution >= 0.6 is 11.6 Å². The highest BCUT2D eigenvalue weighted by molar-refractivity contribution is 6.33. The lowest BCUT2D eigenvalue weighted by Gasteiger charge is -2.34. The Hall–Kier alpha value is -4.35. The number of amides is 5. The van der Waals surface area contributed by atoms with Crippen molar-refractivity contribution in [1.29, 1.82) is 5.26 Å². The molecule has 0 aliphatic carbocycles. The summed E-state index contributed by atoms with van der Waals surface area (Å²) in [7, 11) is 3.26. The maximum atomic E-state index is 13.6. The molecule has 0 saturated carbocycles. The highest BCUT2D eigenvalue weighted by atomic mass is 35.5. The predicted octanol–water partition coefficient (Wildman–Crippen LogP) is 6.53. The van der Waals surface area contributed by atoms with Gasteiger partial charge in [-0.05, 0) is 42.7 Å². The molecule has 0 radical (unpaired) electrons. The first-order valence-corrected chi connectivity index (χ1v) is 12.9. The number of nitrogens with one attached hydrogen (secondary N) is 1. The largest absolute Gasteiger partial charge is 0.331 e. The van der Waals surface area contributed by atoms with E-state index in [2.05, 4.69) is 5.32 Å². The number of para-hydroxylation sites is 1. The first kappa shape index (κ1) is 29.2. The summed E-state index contributed by atoms with van der Waals surface area (Å²) in [6.07, 6.45) is 0.541. The molecule has 0 aromatic heterocycles. The van der Waals surface area contributed by atoms with Crippen molar-refractivity contribution in [2.75, 3.05) is 30.9 Å². The lowest BCUT2D eigenvalue weighted by atomic mass is 10.0. The van der Waals surface area contributed by atoms with Gasteiger partial charge < -0.3 is 15.1 Å². The van der Waals surface area contributed by atoms with Crippen molar-refractivity contribution in [3.05, 3.63) is 82.9 Å². The van der Waals surface area contributed by atoms with Crippen molar-refractivity contribution < 1.29 is 14.4 Å². The van der Waals surface area contributed by atoms with E-state index >= 15 is 0 Å². The molecular weight excluding hydrogens is 514 g/mol. The van der Waals surface area contributed by atoms with Gasteiger partial charge in [0.2, 0.25) is 5.91 Å². The third kappa shape index (κ3) is 6.57. The molecule has 202 valence electrons. The van der Waals surface area contributed by atoms with Crippen LogP contribution in [0, 0.1) is 18.3 Å². The highest BCUT2D eigenvalue weighted by Gasteiger charge is 2.30. The highest BCUT2D eigenvalue weighted by Crippen LogP contribution is 2.31. The Morgan fingerprint density at radius 1 is 1.00 bits per heavy atom. The molecule has 3 rings (SSSR count). The van der Waals surface area contributed by atoms with Gasteiger partial charge >= 0.3 is 12.1 Å². The van der Waals surface area contributed by atoms with Crippen LogP contribution in [0.3, 0.4) is 0 Å².